The van der Waals surface area contributed by atoms with Crippen LogP contribution in [-0.2, 0) is 9.53 Å². The molecule has 4 nitrogen and oxygen atoms in total. The van der Waals surface area contributed by atoms with E-state index >= 15 is 0 Å². The van der Waals surface area contributed by atoms with Crippen LogP contribution in [-0.4, -0.2) is 35.9 Å². The summed E-state index contributed by atoms with van der Waals surface area (Å²) in [5.41, 5.74) is 4.55. The molecule has 0 saturated carbocycles. The molecule has 2 heterocycles. The number of carbonyl (C=O) groups is 1. The third kappa shape index (κ3) is 3.90. The van der Waals surface area contributed by atoms with Crippen molar-refractivity contribution in [3.63, 3.8) is 0 Å². The number of thioether (sulfide) groups is 1. The summed E-state index contributed by atoms with van der Waals surface area (Å²) in [7, 11) is 0. The number of hydrogen-bond acceptors (Lipinski definition) is 4. The first-order valence-electron chi connectivity index (χ1n) is 8.43. The van der Waals surface area contributed by atoms with Crippen molar-refractivity contribution in [2.24, 2.45) is 0 Å². The summed E-state index contributed by atoms with van der Waals surface area (Å²) in [5.74, 6) is 0.425. The van der Waals surface area contributed by atoms with E-state index in [0.29, 0.717) is 12.3 Å². The normalized spacial score (nSPS) is 17.4. The number of fused-ring (bicyclic) bond motifs is 1. The second-order valence-electron chi connectivity index (χ2n) is 6.43. The number of nitrogens with one attached hydrogen (secondary N) is 1. The maximum absolute atomic E-state index is 12.1. The number of amides is 1. The number of benzene rings is 1. The summed E-state index contributed by atoms with van der Waals surface area (Å²) >= 11 is 1.50. The monoisotopic (exact) mass is 344 g/mol. The summed E-state index contributed by atoms with van der Waals surface area (Å²) in [5, 5.41) is 5.09. The smallest absolute Gasteiger partial charge is 0.230 e. The van der Waals surface area contributed by atoms with E-state index in [0.717, 1.165) is 35.6 Å². The number of aryl methyl sites for hydroxylation is 3. The number of aromatic nitrogens is 1. The lowest BCUT2D eigenvalue weighted by molar-refractivity contribution is -0.119. The fourth-order valence-corrected chi connectivity index (χ4v) is 3.79. The zero-order valence-electron chi connectivity index (χ0n) is 14.5. The highest BCUT2D eigenvalue weighted by molar-refractivity contribution is 7.99. The molecule has 1 atom stereocenters. The average Bonchev–Trinajstić information content (AvgIpc) is 3.08. The molecule has 1 aromatic carbocycles. The minimum atomic E-state index is 0.0396. The van der Waals surface area contributed by atoms with E-state index in [1.165, 1.54) is 28.3 Å². The molecule has 1 aromatic heterocycles. The third-order valence-corrected chi connectivity index (χ3v) is 5.53. The Kier molecular flexibility index (Phi) is 5.41. The summed E-state index contributed by atoms with van der Waals surface area (Å²) in [6.45, 7) is 7.66. The minimum absolute atomic E-state index is 0.0396. The molecular formula is C19H24N2O2S. The van der Waals surface area contributed by atoms with Crippen molar-refractivity contribution in [1.82, 2.24) is 10.3 Å². The van der Waals surface area contributed by atoms with Crippen LogP contribution in [0.25, 0.3) is 10.9 Å². The average molecular weight is 344 g/mol. The zero-order chi connectivity index (χ0) is 17.1. The van der Waals surface area contributed by atoms with E-state index in [1.807, 2.05) is 0 Å². The van der Waals surface area contributed by atoms with Gasteiger partial charge >= 0.3 is 0 Å². The van der Waals surface area contributed by atoms with Crippen LogP contribution in [0, 0.1) is 20.8 Å². The predicted octanol–water partition coefficient (Wildman–Crippen LogP) is 3.55. The SMILES string of the molecule is Cc1cc2c(C)ccc(C)c2nc1SCC(=O)NCC1CCCO1. The number of pyridine rings is 1. The molecule has 0 aliphatic carbocycles. The Hall–Kier alpha value is -1.59. The number of ether oxygens (including phenoxy) is 1. The highest BCUT2D eigenvalue weighted by atomic mass is 32.2. The molecule has 0 radical (unpaired) electrons. The number of carbonyl (C=O) groups excluding carboxylic acids is 1. The predicted molar refractivity (Wildman–Crippen MR) is 98.7 cm³/mol. The molecule has 24 heavy (non-hydrogen) atoms. The molecule has 2 aromatic rings. The van der Waals surface area contributed by atoms with Crippen LogP contribution in [0.2, 0.25) is 0 Å². The van der Waals surface area contributed by atoms with Gasteiger partial charge in [0.25, 0.3) is 0 Å². The summed E-state index contributed by atoms with van der Waals surface area (Å²) in [6.07, 6.45) is 2.32. The topological polar surface area (TPSA) is 51.2 Å². The van der Waals surface area contributed by atoms with Crippen molar-refractivity contribution in [2.75, 3.05) is 18.9 Å². The molecule has 1 amide bonds. The molecule has 1 fully saturated rings. The third-order valence-electron chi connectivity index (χ3n) is 4.44. The molecule has 1 aliphatic rings. The van der Waals surface area contributed by atoms with Crippen LogP contribution in [0.3, 0.4) is 0 Å². The van der Waals surface area contributed by atoms with E-state index in [2.05, 4.69) is 44.3 Å². The minimum Gasteiger partial charge on any atom is -0.376 e. The standard InChI is InChI=1S/C19H24N2O2S/c1-12-6-7-13(2)18-16(12)9-14(3)19(21-18)24-11-17(22)20-10-15-5-4-8-23-15/h6-7,9,15H,4-5,8,10-11H2,1-3H3,(H,20,22). The Balaban J connectivity index is 1.65. The fourth-order valence-electron chi connectivity index (χ4n) is 2.98. The van der Waals surface area contributed by atoms with E-state index < -0.39 is 0 Å². The molecule has 5 heteroatoms. The van der Waals surface area contributed by atoms with Gasteiger partial charge in [-0.15, -0.1) is 0 Å². The molecular weight excluding hydrogens is 320 g/mol. The lowest BCUT2D eigenvalue weighted by Crippen LogP contribution is -2.32. The summed E-state index contributed by atoms with van der Waals surface area (Å²) in [4.78, 5) is 16.9. The molecule has 128 valence electrons. The zero-order valence-corrected chi connectivity index (χ0v) is 15.3. The van der Waals surface area contributed by atoms with Gasteiger partial charge in [-0.3, -0.25) is 4.79 Å². The second kappa shape index (κ2) is 7.53. The Morgan fingerprint density at radius 3 is 2.83 bits per heavy atom. The van der Waals surface area contributed by atoms with Gasteiger partial charge in [0.15, 0.2) is 0 Å². The maximum atomic E-state index is 12.1. The van der Waals surface area contributed by atoms with Gasteiger partial charge in [0.2, 0.25) is 5.91 Å². The Morgan fingerprint density at radius 2 is 2.08 bits per heavy atom. The van der Waals surface area contributed by atoms with E-state index in [9.17, 15) is 4.79 Å². The molecule has 1 unspecified atom stereocenters. The molecule has 0 bridgehead atoms. The maximum Gasteiger partial charge on any atom is 0.230 e. The van der Waals surface area contributed by atoms with Crippen LogP contribution in [0.15, 0.2) is 23.2 Å². The quantitative estimate of drug-likeness (QED) is 0.843. The lowest BCUT2D eigenvalue weighted by atomic mass is 10.0. The largest absolute Gasteiger partial charge is 0.376 e. The van der Waals surface area contributed by atoms with Crippen LogP contribution in [0.1, 0.15) is 29.5 Å². The van der Waals surface area contributed by atoms with Crippen LogP contribution < -0.4 is 5.32 Å². The van der Waals surface area contributed by atoms with Gasteiger partial charge in [-0.05, 0) is 56.4 Å². The number of rotatable bonds is 5. The summed E-state index contributed by atoms with van der Waals surface area (Å²) < 4.78 is 5.52. The number of nitrogens with zero attached hydrogens (tertiary/aromatic N) is 1. The molecule has 0 spiro atoms. The van der Waals surface area contributed by atoms with Crippen molar-refractivity contribution in [3.05, 3.63) is 34.9 Å². The second-order valence-corrected chi connectivity index (χ2v) is 7.40. The summed E-state index contributed by atoms with van der Waals surface area (Å²) in [6, 6.07) is 6.41. The van der Waals surface area contributed by atoms with Gasteiger partial charge in [0.05, 0.1) is 17.4 Å². The van der Waals surface area contributed by atoms with E-state index in [1.54, 1.807) is 0 Å². The van der Waals surface area contributed by atoms with Crippen LogP contribution >= 0.6 is 11.8 Å². The van der Waals surface area contributed by atoms with Gasteiger partial charge < -0.3 is 10.1 Å². The highest BCUT2D eigenvalue weighted by Gasteiger charge is 2.16. The van der Waals surface area contributed by atoms with Crippen LogP contribution in [0.5, 0.6) is 0 Å². The van der Waals surface area contributed by atoms with Gasteiger partial charge in [0.1, 0.15) is 5.03 Å². The van der Waals surface area contributed by atoms with Gasteiger partial charge in [-0.1, -0.05) is 23.9 Å². The van der Waals surface area contributed by atoms with Crippen LogP contribution in [0.4, 0.5) is 0 Å². The van der Waals surface area contributed by atoms with Crippen molar-refractivity contribution >= 4 is 28.6 Å². The van der Waals surface area contributed by atoms with Gasteiger partial charge in [-0.25, -0.2) is 4.98 Å². The van der Waals surface area contributed by atoms with E-state index in [-0.39, 0.29) is 12.0 Å². The van der Waals surface area contributed by atoms with Gasteiger partial charge in [0, 0.05) is 18.5 Å². The van der Waals surface area contributed by atoms with Crippen molar-refractivity contribution < 1.29 is 9.53 Å². The van der Waals surface area contributed by atoms with E-state index in [4.69, 9.17) is 9.72 Å². The lowest BCUT2D eigenvalue weighted by Gasteiger charge is -2.12. The first-order valence-corrected chi connectivity index (χ1v) is 9.42. The van der Waals surface area contributed by atoms with Gasteiger partial charge in [-0.2, -0.15) is 0 Å². The van der Waals surface area contributed by atoms with Crippen molar-refractivity contribution in [3.8, 4) is 0 Å². The molecule has 1 aliphatic heterocycles. The van der Waals surface area contributed by atoms with Crippen molar-refractivity contribution in [1.29, 1.82) is 0 Å². The first-order chi connectivity index (χ1) is 11.5. The first kappa shape index (κ1) is 17.2. The molecule has 1 saturated heterocycles. The highest BCUT2D eigenvalue weighted by Crippen LogP contribution is 2.27. The Labute approximate surface area is 147 Å². The van der Waals surface area contributed by atoms with Crippen molar-refractivity contribution in [2.45, 2.75) is 44.7 Å². The fraction of sp³-hybridized carbons (Fsp3) is 0.474. The number of hydrogen-bond donors (Lipinski definition) is 1. The Morgan fingerprint density at radius 1 is 1.29 bits per heavy atom. The molecule has 3 rings (SSSR count). The molecule has 1 N–H and O–H groups in total. The Bertz CT molecular complexity index is 755.